The molecule has 1 saturated carbocycles. The van der Waals surface area contributed by atoms with E-state index < -0.39 is 0 Å². The SMILES string of the molecule is CC1(C)C(NCc2nnc3n2CCCC3)C1(C)C. The fourth-order valence-corrected chi connectivity index (χ4v) is 3.40. The fraction of sp³-hybridized carbons (Fsp3) is 0.857. The molecule has 2 aliphatic rings. The first kappa shape index (κ1) is 12.2. The molecule has 1 aliphatic heterocycles. The Bertz CT molecular complexity index is 444. The minimum atomic E-state index is 0.387. The summed E-state index contributed by atoms with van der Waals surface area (Å²) in [7, 11) is 0. The van der Waals surface area contributed by atoms with Gasteiger partial charge in [-0.25, -0.2) is 0 Å². The number of rotatable bonds is 3. The van der Waals surface area contributed by atoms with E-state index in [0.29, 0.717) is 16.9 Å². The van der Waals surface area contributed by atoms with Crippen LogP contribution >= 0.6 is 0 Å². The van der Waals surface area contributed by atoms with Gasteiger partial charge in [-0.15, -0.1) is 10.2 Å². The summed E-state index contributed by atoms with van der Waals surface area (Å²) < 4.78 is 2.30. The van der Waals surface area contributed by atoms with Crippen molar-refractivity contribution < 1.29 is 0 Å². The van der Waals surface area contributed by atoms with Crippen molar-refractivity contribution in [1.82, 2.24) is 20.1 Å². The number of aryl methyl sites for hydroxylation is 1. The second-order valence-corrected chi connectivity index (χ2v) is 6.90. The van der Waals surface area contributed by atoms with Crippen molar-refractivity contribution in [3.63, 3.8) is 0 Å². The minimum absolute atomic E-state index is 0.387. The number of hydrogen-bond donors (Lipinski definition) is 1. The van der Waals surface area contributed by atoms with Crippen molar-refractivity contribution in [3.05, 3.63) is 11.6 Å². The standard InChI is InChI=1S/C14H24N4/c1-13(2)12(14(13,3)4)15-9-11-17-16-10-7-5-6-8-18(10)11/h12,15H,5-9H2,1-4H3. The van der Waals surface area contributed by atoms with Gasteiger partial charge in [-0.1, -0.05) is 27.7 Å². The van der Waals surface area contributed by atoms with Gasteiger partial charge in [-0.3, -0.25) is 0 Å². The highest BCUT2D eigenvalue weighted by Crippen LogP contribution is 2.62. The monoisotopic (exact) mass is 248 g/mol. The molecule has 4 nitrogen and oxygen atoms in total. The molecule has 0 amide bonds. The topological polar surface area (TPSA) is 42.7 Å². The van der Waals surface area contributed by atoms with Gasteiger partial charge in [0.05, 0.1) is 6.54 Å². The van der Waals surface area contributed by atoms with Gasteiger partial charge in [0.15, 0.2) is 0 Å². The first-order chi connectivity index (χ1) is 8.44. The van der Waals surface area contributed by atoms with E-state index in [1.54, 1.807) is 0 Å². The van der Waals surface area contributed by atoms with Crippen LogP contribution in [0.1, 0.15) is 52.2 Å². The highest BCUT2D eigenvalue weighted by Gasteiger charge is 2.64. The summed E-state index contributed by atoms with van der Waals surface area (Å²) in [4.78, 5) is 0. The van der Waals surface area contributed by atoms with Gasteiger partial charge in [0, 0.05) is 19.0 Å². The van der Waals surface area contributed by atoms with E-state index in [2.05, 4.69) is 47.8 Å². The molecule has 18 heavy (non-hydrogen) atoms. The normalized spacial score (nSPS) is 24.9. The van der Waals surface area contributed by atoms with Crippen LogP contribution in [0.3, 0.4) is 0 Å². The van der Waals surface area contributed by atoms with E-state index in [1.165, 1.54) is 18.7 Å². The largest absolute Gasteiger partial charge is 0.314 e. The minimum Gasteiger partial charge on any atom is -0.314 e. The lowest BCUT2D eigenvalue weighted by atomic mass is 10.0. The second-order valence-electron chi connectivity index (χ2n) is 6.90. The maximum absolute atomic E-state index is 4.34. The lowest BCUT2D eigenvalue weighted by molar-refractivity contribution is 0.457. The van der Waals surface area contributed by atoms with Crippen LogP contribution in [0.15, 0.2) is 0 Å². The van der Waals surface area contributed by atoms with E-state index in [0.717, 1.165) is 25.3 Å². The zero-order valence-corrected chi connectivity index (χ0v) is 12.0. The Morgan fingerprint density at radius 2 is 1.89 bits per heavy atom. The van der Waals surface area contributed by atoms with Crippen LogP contribution in [0.4, 0.5) is 0 Å². The van der Waals surface area contributed by atoms with Crippen LogP contribution in [0.2, 0.25) is 0 Å². The summed E-state index contributed by atoms with van der Waals surface area (Å²) in [5.74, 6) is 2.29. The second kappa shape index (κ2) is 3.80. The van der Waals surface area contributed by atoms with Crippen molar-refractivity contribution in [2.45, 2.75) is 66.1 Å². The number of fused-ring (bicyclic) bond motifs is 1. The number of hydrogen-bond acceptors (Lipinski definition) is 3. The predicted molar refractivity (Wildman–Crippen MR) is 71.1 cm³/mol. The number of aromatic nitrogens is 3. The Hall–Kier alpha value is -0.900. The molecule has 1 aliphatic carbocycles. The zero-order chi connectivity index (χ0) is 13.0. The van der Waals surface area contributed by atoms with E-state index in [1.807, 2.05) is 0 Å². The van der Waals surface area contributed by atoms with Crippen LogP contribution in [0.25, 0.3) is 0 Å². The molecule has 100 valence electrons. The molecule has 0 bridgehead atoms. The van der Waals surface area contributed by atoms with Crippen LogP contribution in [0, 0.1) is 10.8 Å². The Balaban J connectivity index is 1.67. The number of nitrogens with one attached hydrogen (secondary N) is 1. The van der Waals surface area contributed by atoms with Gasteiger partial charge >= 0.3 is 0 Å². The van der Waals surface area contributed by atoms with Crippen molar-refractivity contribution in [3.8, 4) is 0 Å². The van der Waals surface area contributed by atoms with E-state index in [-0.39, 0.29) is 0 Å². The third-order valence-electron chi connectivity index (χ3n) is 5.42. The zero-order valence-electron chi connectivity index (χ0n) is 12.0. The molecule has 0 aromatic carbocycles. The predicted octanol–water partition coefficient (Wildman–Crippen LogP) is 2.14. The van der Waals surface area contributed by atoms with Crippen molar-refractivity contribution in [2.24, 2.45) is 10.8 Å². The van der Waals surface area contributed by atoms with E-state index in [4.69, 9.17) is 0 Å². The number of nitrogens with zero attached hydrogens (tertiary/aromatic N) is 3. The molecule has 0 unspecified atom stereocenters. The molecule has 1 N–H and O–H groups in total. The summed E-state index contributed by atoms with van der Waals surface area (Å²) in [6, 6.07) is 0.585. The molecule has 0 radical (unpaired) electrons. The summed E-state index contributed by atoms with van der Waals surface area (Å²) in [5, 5.41) is 12.3. The molecule has 4 heteroatoms. The first-order valence-electron chi connectivity index (χ1n) is 7.09. The smallest absolute Gasteiger partial charge is 0.147 e. The van der Waals surface area contributed by atoms with Gasteiger partial charge in [0.2, 0.25) is 0 Å². The lowest BCUT2D eigenvalue weighted by Crippen LogP contribution is -2.25. The van der Waals surface area contributed by atoms with Gasteiger partial charge in [0.25, 0.3) is 0 Å². The molecular formula is C14H24N4. The molecule has 2 heterocycles. The fourth-order valence-electron chi connectivity index (χ4n) is 3.40. The Morgan fingerprint density at radius 3 is 2.56 bits per heavy atom. The van der Waals surface area contributed by atoms with Crippen molar-refractivity contribution >= 4 is 0 Å². The van der Waals surface area contributed by atoms with E-state index >= 15 is 0 Å². The maximum Gasteiger partial charge on any atom is 0.147 e. The molecule has 3 rings (SSSR count). The molecule has 1 aromatic heterocycles. The van der Waals surface area contributed by atoms with Crippen molar-refractivity contribution in [2.75, 3.05) is 0 Å². The Labute approximate surface area is 109 Å². The van der Waals surface area contributed by atoms with Crippen molar-refractivity contribution in [1.29, 1.82) is 0 Å². The molecule has 1 fully saturated rings. The summed E-state index contributed by atoms with van der Waals surface area (Å²) in [6.07, 6.45) is 3.61. The Morgan fingerprint density at radius 1 is 1.17 bits per heavy atom. The molecule has 0 spiro atoms. The summed E-state index contributed by atoms with van der Waals surface area (Å²) in [5.41, 5.74) is 0.773. The quantitative estimate of drug-likeness (QED) is 0.891. The molecule has 0 saturated heterocycles. The van der Waals surface area contributed by atoms with Gasteiger partial charge in [-0.05, 0) is 23.7 Å². The van der Waals surface area contributed by atoms with Crippen LogP contribution < -0.4 is 5.32 Å². The highest BCUT2D eigenvalue weighted by molar-refractivity contribution is 5.18. The maximum atomic E-state index is 4.34. The molecule has 0 atom stereocenters. The molecular weight excluding hydrogens is 224 g/mol. The van der Waals surface area contributed by atoms with Gasteiger partial charge < -0.3 is 9.88 Å². The van der Waals surface area contributed by atoms with E-state index in [9.17, 15) is 0 Å². The highest BCUT2D eigenvalue weighted by atomic mass is 15.3. The third kappa shape index (κ3) is 1.62. The van der Waals surface area contributed by atoms with Crippen LogP contribution in [-0.4, -0.2) is 20.8 Å². The van der Waals surface area contributed by atoms with Crippen LogP contribution in [0.5, 0.6) is 0 Å². The van der Waals surface area contributed by atoms with Gasteiger partial charge in [-0.2, -0.15) is 0 Å². The van der Waals surface area contributed by atoms with Crippen LogP contribution in [-0.2, 0) is 19.5 Å². The molecule has 1 aromatic rings. The lowest BCUT2D eigenvalue weighted by Gasteiger charge is -2.15. The average Bonchev–Trinajstić information content (AvgIpc) is 2.67. The summed E-state index contributed by atoms with van der Waals surface area (Å²) in [6.45, 7) is 11.3. The Kier molecular flexibility index (Phi) is 2.56. The average molecular weight is 248 g/mol. The third-order valence-corrected chi connectivity index (χ3v) is 5.42. The first-order valence-corrected chi connectivity index (χ1v) is 7.09. The van der Waals surface area contributed by atoms with Gasteiger partial charge in [0.1, 0.15) is 11.6 Å². The summed E-state index contributed by atoms with van der Waals surface area (Å²) >= 11 is 0.